The molecule has 2 atom stereocenters. The van der Waals surface area contributed by atoms with Crippen molar-refractivity contribution < 1.29 is 23.8 Å². The molecule has 0 bridgehead atoms. The fourth-order valence-electron chi connectivity index (χ4n) is 1.47. The van der Waals surface area contributed by atoms with Crippen LogP contribution in [-0.2, 0) is 4.79 Å². The van der Waals surface area contributed by atoms with Crippen LogP contribution in [-0.4, -0.2) is 30.3 Å². The molecular formula is C13H17FN2O4. The summed E-state index contributed by atoms with van der Waals surface area (Å²) >= 11 is 0. The van der Waals surface area contributed by atoms with Crippen LogP contribution in [0.4, 0.5) is 14.9 Å². The molecule has 2 amide bonds. The molecule has 6 nitrogen and oxygen atoms in total. The van der Waals surface area contributed by atoms with Gasteiger partial charge in [0, 0.05) is 12.1 Å². The second kappa shape index (κ2) is 6.74. The summed E-state index contributed by atoms with van der Waals surface area (Å²) in [5.41, 5.74) is 0.293. The lowest BCUT2D eigenvalue weighted by atomic mass is 10.0. The van der Waals surface area contributed by atoms with Gasteiger partial charge in [0.25, 0.3) is 0 Å². The SMILES string of the molecule is COc1cc(F)ccc1NC(=O)NC(C)C(C)C(=O)O. The van der Waals surface area contributed by atoms with Gasteiger partial charge in [-0.05, 0) is 26.0 Å². The molecule has 1 aromatic carbocycles. The number of aliphatic carboxylic acids is 1. The fourth-order valence-corrected chi connectivity index (χ4v) is 1.47. The largest absolute Gasteiger partial charge is 0.494 e. The molecule has 0 spiro atoms. The number of hydrogen-bond donors (Lipinski definition) is 3. The average Bonchev–Trinajstić information content (AvgIpc) is 2.39. The Bertz CT molecular complexity index is 507. The highest BCUT2D eigenvalue weighted by Crippen LogP contribution is 2.24. The molecule has 0 aliphatic rings. The van der Waals surface area contributed by atoms with Crippen molar-refractivity contribution in [3.05, 3.63) is 24.0 Å². The van der Waals surface area contributed by atoms with E-state index in [0.717, 1.165) is 6.07 Å². The van der Waals surface area contributed by atoms with Crippen LogP contribution >= 0.6 is 0 Å². The highest BCUT2D eigenvalue weighted by molar-refractivity contribution is 5.91. The van der Waals surface area contributed by atoms with Crippen molar-refractivity contribution in [1.82, 2.24) is 5.32 Å². The molecule has 0 heterocycles. The predicted octanol–water partition coefficient (Wildman–Crippen LogP) is 2.06. The molecule has 0 aromatic heterocycles. The Morgan fingerprint density at radius 1 is 1.35 bits per heavy atom. The van der Waals surface area contributed by atoms with E-state index in [1.807, 2.05) is 0 Å². The topological polar surface area (TPSA) is 87.7 Å². The van der Waals surface area contributed by atoms with Crippen molar-refractivity contribution in [2.24, 2.45) is 5.92 Å². The number of ether oxygens (including phenoxy) is 1. The number of halogens is 1. The number of hydrogen-bond acceptors (Lipinski definition) is 3. The number of urea groups is 1. The summed E-state index contributed by atoms with van der Waals surface area (Å²) in [7, 11) is 1.35. The van der Waals surface area contributed by atoms with Gasteiger partial charge in [-0.2, -0.15) is 0 Å². The Morgan fingerprint density at radius 3 is 2.55 bits per heavy atom. The van der Waals surface area contributed by atoms with Crippen LogP contribution in [0.2, 0.25) is 0 Å². The molecular weight excluding hydrogens is 267 g/mol. The van der Waals surface area contributed by atoms with Crippen LogP contribution < -0.4 is 15.4 Å². The van der Waals surface area contributed by atoms with E-state index in [1.54, 1.807) is 6.92 Å². The molecule has 20 heavy (non-hydrogen) atoms. The van der Waals surface area contributed by atoms with Crippen LogP contribution in [0.5, 0.6) is 5.75 Å². The van der Waals surface area contributed by atoms with Crippen molar-refractivity contribution in [2.75, 3.05) is 12.4 Å². The van der Waals surface area contributed by atoms with Gasteiger partial charge in [0.05, 0.1) is 18.7 Å². The first-order valence-corrected chi connectivity index (χ1v) is 5.99. The van der Waals surface area contributed by atoms with Crippen molar-refractivity contribution in [1.29, 1.82) is 0 Å². The third-order valence-electron chi connectivity index (χ3n) is 2.91. The average molecular weight is 284 g/mol. The molecule has 0 aliphatic carbocycles. The van der Waals surface area contributed by atoms with Gasteiger partial charge in [-0.1, -0.05) is 0 Å². The number of carbonyl (C=O) groups is 2. The van der Waals surface area contributed by atoms with E-state index in [9.17, 15) is 14.0 Å². The minimum absolute atomic E-state index is 0.180. The van der Waals surface area contributed by atoms with Crippen LogP contribution in [0.15, 0.2) is 18.2 Å². The Morgan fingerprint density at radius 2 is 2.00 bits per heavy atom. The number of carboxylic acid groups (broad SMARTS) is 1. The van der Waals surface area contributed by atoms with Crippen molar-refractivity contribution in [2.45, 2.75) is 19.9 Å². The molecule has 0 radical (unpaired) electrons. The fraction of sp³-hybridized carbons (Fsp3) is 0.385. The lowest BCUT2D eigenvalue weighted by Gasteiger charge is -2.18. The van der Waals surface area contributed by atoms with E-state index >= 15 is 0 Å². The predicted molar refractivity (Wildman–Crippen MR) is 71.4 cm³/mol. The molecule has 1 aromatic rings. The Balaban J connectivity index is 2.69. The van der Waals surface area contributed by atoms with Gasteiger partial charge in [0.1, 0.15) is 11.6 Å². The number of carbonyl (C=O) groups excluding carboxylic acids is 1. The minimum Gasteiger partial charge on any atom is -0.494 e. The van der Waals surface area contributed by atoms with Crippen LogP contribution in [0.25, 0.3) is 0 Å². The Hall–Kier alpha value is -2.31. The Labute approximate surface area is 115 Å². The van der Waals surface area contributed by atoms with Gasteiger partial charge in [-0.25, -0.2) is 9.18 Å². The number of amides is 2. The van der Waals surface area contributed by atoms with Crippen LogP contribution in [0, 0.1) is 11.7 Å². The van der Waals surface area contributed by atoms with E-state index in [4.69, 9.17) is 9.84 Å². The number of carboxylic acids is 1. The lowest BCUT2D eigenvalue weighted by molar-refractivity contribution is -0.141. The maximum absolute atomic E-state index is 13.0. The van der Waals surface area contributed by atoms with E-state index in [0.29, 0.717) is 5.69 Å². The first kappa shape index (κ1) is 15.7. The van der Waals surface area contributed by atoms with Gasteiger partial charge < -0.3 is 20.5 Å². The summed E-state index contributed by atoms with van der Waals surface area (Å²) in [5, 5.41) is 13.8. The number of rotatable bonds is 5. The molecule has 110 valence electrons. The molecule has 0 saturated carbocycles. The quantitative estimate of drug-likeness (QED) is 0.772. The zero-order chi connectivity index (χ0) is 15.3. The van der Waals surface area contributed by atoms with Crippen molar-refractivity contribution in [3.63, 3.8) is 0 Å². The normalized spacial score (nSPS) is 13.2. The molecule has 0 aliphatic heterocycles. The molecule has 3 N–H and O–H groups in total. The van der Waals surface area contributed by atoms with Crippen molar-refractivity contribution in [3.8, 4) is 5.75 Å². The number of benzene rings is 1. The number of nitrogens with one attached hydrogen (secondary N) is 2. The lowest BCUT2D eigenvalue weighted by Crippen LogP contribution is -2.42. The summed E-state index contributed by atoms with van der Waals surface area (Å²) in [4.78, 5) is 22.5. The maximum Gasteiger partial charge on any atom is 0.319 e. The highest BCUT2D eigenvalue weighted by Gasteiger charge is 2.21. The number of methoxy groups -OCH3 is 1. The summed E-state index contributed by atoms with van der Waals surface area (Å²) in [6.45, 7) is 3.08. The molecule has 0 fully saturated rings. The standard InChI is InChI=1S/C13H17FN2O4/c1-7(12(17)18)8(2)15-13(19)16-10-5-4-9(14)6-11(10)20-3/h4-8H,1-3H3,(H,17,18)(H2,15,16,19). The van der Waals surface area contributed by atoms with Crippen molar-refractivity contribution >= 4 is 17.7 Å². The second-order valence-electron chi connectivity index (χ2n) is 4.36. The number of anilines is 1. The van der Waals surface area contributed by atoms with Gasteiger partial charge in [0.2, 0.25) is 0 Å². The Kier molecular flexibility index (Phi) is 5.31. The third kappa shape index (κ3) is 4.11. The zero-order valence-electron chi connectivity index (χ0n) is 11.4. The second-order valence-corrected chi connectivity index (χ2v) is 4.36. The first-order valence-electron chi connectivity index (χ1n) is 5.99. The molecule has 2 unspecified atom stereocenters. The van der Waals surface area contributed by atoms with Gasteiger partial charge >= 0.3 is 12.0 Å². The zero-order valence-corrected chi connectivity index (χ0v) is 11.4. The van der Waals surface area contributed by atoms with Gasteiger partial charge in [-0.3, -0.25) is 4.79 Å². The molecule has 0 saturated heterocycles. The van der Waals surface area contributed by atoms with E-state index in [1.165, 1.54) is 26.2 Å². The monoisotopic (exact) mass is 284 g/mol. The van der Waals surface area contributed by atoms with E-state index in [-0.39, 0.29) is 5.75 Å². The summed E-state index contributed by atoms with van der Waals surface area (Å²) in [6.07, 6.45) is 0. The highest BCUT2D eigenvalue weighted by atomic mass is 19.1. The summed E-state index contributed by atoms with van der Waals surface area (Å²) < 4.78 is 17.9. The van der Waals surface area contributed by atoms with Gasteiger partial charge in [-0.15, -0.1) is 0 Å². The smallest absolute Gasteiger partial charge is 0.319 e. The van der Waals surface area contributed by atoms with E-state index in [2.05, 4.69) is 10.6 Å². The van der Waals surface area contributed by atoms with Crippen LogP contribution in [0.1, 0.15) is 13.8 Å². The molecule has 1 rings (SSSR count). The van der Waals surface area contributed by atoms with Crippen LogP contribution in [0.3, 0.4) is 0 Å². The first-order chi connectivity index (χ1) is 9.35. The van der Waals surface area contributed by atoms with E-state index < -0.39 is 29.8 Å². The minimum atomic E-state index is -1.00. The summed E-state index contributed by atoms with van der Waals surface area (Å²) in [5.74, 6) is -2.03. The third-order valence-corrected chi connectivity index (χ3v) is 2.91. The summed E-state index contributed by atoms with van der Waals surface area (Å²) in [6, 6.07) is 2.54. The maximum atomic E-state index is 13.0. The van der Waals surface area contributed by atoms with Gasteiger partial charge in [0.15, 0.2) is 0 Å². The molecule has 7 heteroatoms.